The standard InChI is InChI=1S/C25H26O8S/c1-2-9-21-20(16-34(29)30)23(26)22(33-21)14-19(32-25(28)18-12-7-4-8-13-18)15-31-24(27)17-10-5-3-6-11-17/h2-8,10-13,16,19,21-23,26H,1,9,14-15H2,(H,29,30)/t19-,21-,22+,23+/m0/s1. The van der Waals surface area contributed by atoms with Gasteiger partial charge in [-0.05, 0) is 30.7 Å². The Hall–Kier alpha value is -3.11. The fraction of sp³-hybridized carbons (Fsp3) is 0.280. The lowest BCUT2D eigenvalue weighted by molar-refractivity contribution is -0.0449. The minimum atomic E-state index is -2.28. The third-order valence-electron chi connectivity index (χ3n) is 5.21. The molecule has 1 heterocycles. The largest absolute Gasteiger partial charge is 0.458 e. The van der Waals surface area contributed by atoms with E-state index in [0.717, 1.165) is 5.41 Å². The van der Waals surface area contributed by atoms with Crippen molar-refractivity contribution >= 4 is 23.0 Å². The van der Waals surface area contributed by atoms with Gasteiger partial charge in [-0.3, -0.25) is 0 Å². The molecule has 2 N–H and O–H groups in total. The number of ether oxygens (including phenoxy) is 3. The molecule has 0 saturated carbocycles. The van der Waals surface area contributed by atoms with Crippen molar-refractivity contribution in [3.05, 3.63) is 95.4 Å². The Morgan fingerprint density at radius 2 is 1.65 bits per heavy atom. The van der Waals surface area contributed by atoms with E-state index in [1.807, 2.05) is 0 Å². The number of aliphatic hydroxyl groups excluding tert-OH is 1. The highest BCUT2D eigenvalue weighted by Gasteiger charge is 2.40. The van der Waals surface area contributed by atoms with Crippen LogP contribution in [0.25, 0.3) is 0 Å². The van der Waals surface area contributed by atoms with Crippen molar-refractivity contribution in [2.75, 3.05) is 6.61 Å². The van der Waals surface area contributed by atoms with Crippen LogP contribution in [0.3, 0.4) is 0 Å². The summed E-state index contributed by atoms with van der Waals surface area (Å²) in [5.41, 5.74) is 0.908. The zero-order chi connectivity index (χ0) is 24.5. The van der Waals surface area contributed by atoms with E-state index < -0.39 is 47.4 Å². The van der Waals surface area contributed by atoms with E-state index in [-0.39, 0.29) is 18.6 Å². The van der Waals surface area contributed by atoms with Crippen LogP contribution in [0, 0.1) is 0 Å². The minimum absolute atomic E-state index is 0.00907. The molecule has 9 heteroatoms. The van der Waals surface area contributed by atoms with Crippen molar-refractivity contribution in [2.45, 2.75) is 37.3 Å². The molecule has 1 fully saturated rings. The lowest BCUT2D eigenvalue weighted by Gasteiger charge is -2.22. The molecule has 3 rings (SSSR count). The van der Waals surface area contributed by atoms with E-state index in [9.17, 15) is 23.5 Å². The van der Waals surface area contributed by atoms with Crippen LogP contribution >= 0.6 is 0 Å². The number of aliphatic hydroxyl groups is 1. The van der Waals surface area contributed by atoms with Crippen molar-refractivity contribution in [2.24, 2.45) is 0 Å². The molecular formula is C25H26O8S. The topological polar surface area (TPSA) is 119 Å². The molecule has 34 heavy (non-hydrogen) atoms. The Labute approximate surface area is 200 Å². The Balaban J connectivity index is 1.75. The summed E-state index contributed by atoms with van der Waals surface area (Å²) in [6.07, 6.45) is -1.77. The van der Waals surface area contributed by atoms with E-state index >= 15 is 0 Å². The van der Waals surface area contributed by atoms with E-state index in [2.05, 4.69) is 6.58 Å². The highest BCUT2D eigenvalue weighted by molar-refractivity contribution is 7.82. The van der Waals surface area contributed by atoms with Gasteiger partial charge in [-0.2, -0.15) is 0 Å². The molecule has 2 aromatic carbocycles. The quantitative estimate of drug-likeness (QED) is 0.298. The molecule has 0 amide bonds. The van der Waals surface area contributed by atoms with Crippen LogP contribution in [0.5, 0.6) is 0 Å². The Kier molecular flexibility index (Phi) is 9.29. The van der Waals surface area contributed by atoms with Gasteiger partial charge in [0.2, 0.25) is 0 Å². The average Bonchev–Trinajstić information content (AvgIpc) is 3.12. The molecule has 1 unspecified atom stereocenters. The summed E-state index contributed by atoms with van der Waals surface area (Å²) in [4.78, 5) is 25.0. The second-order valence-corrected chi connectivity index (χ2v) is 8.41. The predicted molar refractivity (Wildman–Crippen MR) is 125 cm³/mol. The van der Waals surface area contributed by atoms with Crippen molar-refractivity contribution in [1.29, 1.82) is 0 Å². The van der Waals surface area contributed by atoms with Crippen LogP contribution in [0.1, 0.15) is 33.6 Å². The number of rotatable bonds is 10. The van der Waals surface area contributed by atoms with Gasteiger partial charge in [0.05, 0.1) is 23.3 Å². The molecule has 0 spiro atoms. The number of carbonyl (C=O) groups is 2. The molecule has 8 nitrogen and oxygen atoms in total. The van der Waals surface area contributed by atoms with E-state index in [1.54, 1.807) is 66.7 Å². The Morgan fingerprint density at radius 1 is 1.06 bits per heavy atom. The highest BCUT2D eigenvalue weighted by atomic mass is 32.2. The summed E-state index contributed by atoms with van der Waals surface area (Å²) in [6.45, 7) is 3.38. The van der Waals surface area contributed by atoms with Crippen molar-refractivity contribution in [3.8, 4) is 0 Å². The second kappa shape index (κ2) is 12.4. The van der Waals surface area contributed by atoms with Gasteiger partial charge in [0.1, 0.15) is 18.8 Å². The third kappa shape index (κ3) is 6.94. The maximum Gasteiger partial charge on any atom is 0.338 e. The van der Waals surface area contributed by atoms with Crippen molar-refractivity contribution in [3.63, 3.8) is 0 Å². The molecule has 0 aliphatic carbocycles. The first-order chi connectivity index (χ1) is 16.4. The zero-order valence-corrected chi connectivity index (χ0v) is 19.1. The van der Waals surface area contributed by atoms with E-state index in [1.165, 1.54) is 0 Å². The van der Waals surface area contributed by atoms with Gasteiger partial charge in [0, 0.05) is 17.4 Å². The summed E-state index contributed by atoms with van der Waals surface area (Å²) in [5, 5.41) is 11.8. The van der Waals surface area contributed by atoms with Gasteiger partial charge in [-0.15, -0.1) is 6.58 Å². The fourth-order valence-corrected chi connectivity index (χ4v) is 4.11. The monoisotopic (exact) mass is 486 g/mol. The molecule has 0 aromatic heterocycles. The van der Waals surface area contributed by atoms with Crippen LogP contribution in [0.15, 0.2) is 84.3 Å². The van der Waals surface area contributed by atoms with E-state index in [0.29, 0.717) is 17.5 Å². The lowest BCUT2D eigenvalue weighted by atomic mass is 10.0. The molecular weight excluding hydrogens is 460 g/mol. The molecule has 0 bridgehead atoms. The highest BCUT2D eigenvalue weighted by Crippen LogP contribution is 2.32. The Bertz CT molecular complexity index is 1040. The second-order valence-electron chi connectivity index (χ2n) is 7.62. The fourth-order valence-electron chi connectivity index (χ4n) is 3.59. The third-order valence-corrected chi connectivity index (χ3v) is 5.68. The maximum absolute atomic E-state index is 12.6. The number of esters is 2. The van der Waals surface area contributed by atoms with Crippen LogP contribution in [0.2, 0.25) is 0 Å². The van der Waals surface area contributed by atoms with Gasteiger partial charge < -0.3 is 23.9 Å². The van der Waals surface area contributed by atoms with Crippen LogP contribution in [-0.2, 0) is 25.3 Å². The zero-order valence-electron chi connectivity index (χ0n) is 18.3. The first-order valence-corrected chi connectivity index (χ1v) is 11.8. The van der Waals surface area contributed by atoms with Gasteiger partial charge in [0.15, 0.2) is 11.1 Å². The van der Waals surface area contributed by atoms with Gasteiger partial charge in [-0.25, -0.2) is 13.8 Å². The molecule has 180 valence electrons. The summed E-state index contributed by atoms with van der Waals surface area (Å²) >= 11 is -2.28. The number of hydrogen-bond donors (Lipinski definition) is 2. The van der Waals surface area contributed by atoms with Gasteiger partial charge in [-0.1, -0.05) is 42.5 Å². The average molecular weight is 487 g/mol. The van der Waals surface area contributed by atoms with Crippen molar-refractivity contribution in [1.82, 2.24) is 0 Å². The van der Waals surface area contributed by atoms with Crippen LogP contribution < -0.4 is 0 Å². The maximum atomic E-state index is 12.6. The van der Waals surface area contributed by atoms with Crippen LogP contribution in [0.4, 0.5) is 0 Å². The van der Waals surface area contributed by atoms with Crippen LogP contribution in [-0.4, -0.2) is 56.8 Å². The first-order valence-electron chi connectivity index (χ1n) is 10.6. The summed E-state index contributed by atoms with van der Waals surface area (Å²) in [5.74, 6) is -1.21. The Morgan fingerprint density at radius 3 is 2.21 bits per heavy atom. The lowest BCUT2D eigenvalue weighted by Crippen LogP contribution is -2.33. The molecule has 1 aliphatic heterocycles. The molecule has 1 aliphatic rings. The summed E-state index contributed by atoms with van der Waals surface area (Å²) in [6, 6.07) is 16.7. The molecule has 5 atom stereocenters. The first kappa shape index (κ1) is 25.5. The van der Waals surface area contributed by atoms with Gasteiger partial charge in [0.25, 0.3) is 0 Å². The number of carbonyl (C=O) groups excluding carboxylic acids is 2. The SMILES string of the molecule is C=CC[C@@H]1O[C@H](C[C@@H](COC(=O)c2ccccc2)OC(=O)c2ccccc2)[C@H](O)C1=CS(=O)O. The van der Waals surface area contributed by atoms with Crippen molar-refractivity contribution < 1.29 is 37.7 Å². The van der Waals surface area contributed by atoms with Gasteiger partial charge >= 0.3 is 11.9 Å². The number of hydrogen-bond acceptors (Lipinski definition) is 7. The molecule has 1 saturated heterocycles. The predicted octanol–water partition coefficient (Wildman–Crippen LogP) is 3.27. The molecule has 2 aromatic rings. The van der Waals surface area contributed by atoms with E-state index in [4.69, 9.17) is 14.2 Å². The summed E-state index contributed by atoms with van der Waals surface area (Å²) < 4.78 is 37.4. The minimum Gasteiger partial charge on any atom is -0.458 e. The smallest absolute Gasteiger partial charge is 0.338 e. The normalized spacial score (nSPS) is 22.6. The molecule has 0 radical (unpaired) electrons. The summed E-state index contributed by atoms with van der Waals surface area (Å²) in [7, 11) is 0. The number of benzene rings is 2.